The molecule has 1 heterocycles. The van der Waals surface area contributed by atoms with Gasteiger partial charge in [0.2, 0.25) is 0 Å². The number of carbonyl (C=O) groups is 1. The Balaban J connectivity index is 2.18. The van der Waals surface area contributed by atoms with E-state index in [2.05, 4.69) is 34.4 Å². The molecule has 0 atom stereocenters. The minimum Gasteiger partial charge on any atom is -0.370 e. The summed E-state index contributed by atoms with van der Waals surface area (Å²) in [6.07, 6.45) is 0. The van der Waals surface area contributed by atoms with Gasteiger partial charge >= 0.3 is 0 Å². The van der Waals surface area contributed by atoms with Crippen molar-refractivity contribution in [1.82, 2.24) is 9.97 Å². The summed E-state index contributed by atoms with van der Waals surface area (Å²) in [6, 6.07) is 7.61. The summed E-state index contributed by atoms with van der Waals surface area (Å²) in [7, 11) is 0. The first-order valence-electron chi connectivity index (χ1n) is 7.83. The lowest BCUT2D eigenvalue weighted by molar-refractivity contribution is 0.102. The molecule has 0 radical (unpaired) electrons. The lowest BCUT2D eigenvalue weighted by Gasteiger charge is -2.11. The maximum Gasteiger partial charge on any atom is 0.274 e. The van der Waals surface area contributed by atoms with Crippen LogP contribution < -0.4 is 10.6 Å². The molecule has 1 amide bonds. The van der Waals surface area contributed by atoms with Crippen molar-refractivity contribution in [3.05, 3.63) is 46.9 Å². The number of aromatic nitrogens is 2. The molecule has 2 aromatic rings. The number of hydrogen-bond acceptors (Lipinski definition) is 4. The maximum atomic E-state index is 12.5. The van der Waals surface area contributed by atoms with Gasteiger partial charge < -0.3 is 10.6 Å². The van der Waals surface area contributed by atoms with Crippen molar-refractivity contribution >= 4 is 17.4 Å². The summed E-state index contributed by atoms with van der Waals surface area (Å²) in [5.41, 5.74) is 3.36. The van der Waals surface area contributed by atoms with Gasteiger partial charge in [0.15, 0.2) is 0 Å². The largest absolute Gasteiger partial charge is 0.370 e. The van der Waals surface area contributed by atoms with Crippen molar-refractivity contribution in [3.8, 4) is 0 Å². The van der Waals surface area contributed by atoms with Crippen LogP contribution in [0, 0.1) is 26.7 Å². The van der Waals surface area contributed by atoms with Gasteiger partial charge in [0, 0.05) is 18.3 Å². The normalized spacial score (nSPS) is 10.7. The summed E-state index contributed by atoms with van der Waals surface area (Å²) in [4.78, 5) is 21.0. The predicted octanol–water partition coefficient (Wildman–Crippen LogP) is 3.72. The topological polar surface area (TPSA) is 66.9 Å². The molecule has 23 heavy (non-hydrogen) atoms. The number of hydrogen-bond donors (Lipinski definition) is 2. The van der Waals surface area contributed by atoms with Gasteiger partial charge in [0.05, 0.1) is 0 Å². The molecule has 1 aromatic carbocycles. The fourth-order valence-electron chi connectivity index (χ4n) is 2.22. The van der Waals surface area contributed by atoms with Crippen molar-refractivity contribution < 1.29 is 4.79 Å². The van der Waals surface area contributed by atoms with Gasteiger partial charge in [-0.2, -0.15) is 0 Å². The van der Waals surface area contributed by atoms with E-state index in [1.54, 1.807) is 13.0 Å². The van der Waals surface area contributed by atoms with Crippen LogP contribution in [0.3, 0.4) is 0 Å². The van der Waals surface area contributed by atoms with Crippen molar-refractivity contribution in [2.45, 2.75) is 34.6 Å². The van der Waals surface area contributed by atoms with Crippen LogP contribution in [-0.2, 0) is 0 Å². The molecule has 0 aliphatic carbocycles. The maximum absolute atomic E-state index is 12.5. The van der Waals surface area contributed by atoms with Crippen LogP contribution in [0.5, 0.6) is 0 Å². The average Bonchev–Trinajstić information content (AvgIpc) is 2.47. The van der Waals surface area contributed by atoms with E-state index in [4.69, 9.17) is 0 Å². The van der Waals surface area contributed by atoms with Crippen molar-refractivity contribution in [1.29, 1.82) is 0 Å². The van der Waals surface area contributed by atoms with Crippen LogP contribution in [0.1, 0.15) is 41.3 Å². The molecule has 1 aromatic heterocycles. The Morgan fingerprint density at radius 3 is 2.52 bits per heavy atom. The Morgan fingerprint density at radius 1 is 1.13 bits per heavy atom. The second-order valence-electron chi connectivity index (χ2n) is 6.23. The SMILES string of the molecule is Cc1ccc(NC(=O)c2cc(NCC(C)C)nc(C)n2)c(C)c1. The fourth-order valence-corrected chi connectivity index (χ4v) is 2.22. The van der Waals surface area contributed by atoms with Gasteiger partial charge in [0.25, 0.3) is 5.91 Å². The van der Waals surface area contributed by atoms with Gasteiger partial charge in [-0.05, 0) is 38.3 Å². The van der Waals surface area contributed by atoms with E-state index < -0.39 is 0 Å². The number of nitrogens with one attached hydrogen (secondary N) is 2. The van der Waals surface area contributed by atoms with Gasteiger partial charge in [-0.1, -0.05) is 31.5 Å². The third kappa shape index (κ3) is 4.77. The highest BCUT2D eigenvalue weighted by Gasteiger charge is 2.12. The smallest absolute Gasteiger partial charge is 0.274 e. The molecule has 5 heteroatoms. The quantitative estimate of drug-likeness (QED) is 0.883. The van der Waals surface area contributed by atoms with Crippen LogP contribution in [0.15, 0.2) is 24.3 Å². The lowest BCUT2D eigenvalue weighted by Crippen LogP contribution is -2.17. The zero-order valence-corrected chi connectivity index (χ0v) is 14.4. The Labute approximate surface area is 137 Å². The molecule has 5 nitrogen and oxygen atoms in total. The van der Waals surface area contributed by atoms with Gasteiger partial charge in [-0.15, -0.1) is 0 Å². The Bertz CT molecular complexity index is 710. The highest BCUT2D eigenvalue weighted by molar-refractivity contribution is 6.03. The molecule has 0 saturated carbocycles. The van der Waals surface area contributed by atoms with E-state index in [0.717, 1.165) is 17.8 Å². The lowest BCUT2D eigenvalue weighted by atomic mass is 10.1. The first-order valence-corrected chi connectivity index (χ1v) is 7.83. The van der Waals surface area contributed by atoms with Crippen molar-refractivity contribution in [2.24, 2.45) is 5.92 Å². The average molecular weight is 312 g/mol. The van der Waals surface area contributed by atoms with Crippen LogP contribution in [0.2, 0.25) is 0 Å². The Morgan fingerprint density at radius 2 is 1.87 bits per heavy atom. The Hall–Kier alpha value is -2.43. The van der Waals surface area contributed by atoms with E-state index in [0.29, 0.717) is 23.3 Å². The molecule has 2 rings (SSSR count). The first-order chi connectivity index (χ1) is 10.8. The minimum atomic E-state index is -0.227. The number of anilines is 2. The van der Waals surface area contributed by atoms with Crippen LogP contribution in [-0.4, -0.2) is 22.4 Å². The second kappa shape index (κ2) is 7.22. The fraction of sp³-hybridized carbons (Fsp3) is 0.389. The van der Waals surface area contributed by atoms with Crippen molar-refractivity contribution in [2.75, 3.05) is 17.2 Å². The van der Waals surface area contributed by atoms with Gasteiger partial charge in [-0.25, -0.2) is 9.97 Å². The van der Waals surface area contributed by atoms with Crippen LogP contribution in [0.4, 0.5) is 11.5 Å². The van der Waals surface area contributed by atoms with Gasteiger partial charge in [-0.3, -0.25) is 4.79 Å². The van der Waals surface area contributed by atoms with Crippen LogP contribution in [0.25, 0.3) is 0 Å². The number of aryl methyl sites for hydroxylation is 3. The Kier molecular flexibility index (Phi) is 5.32. The highest BCUT2D eigenvalue weighted by atomic mass is 16.1. The molecule has 0 aliphatic rings. The standard InChI is InChI=1S/C18H24N4O/c1-11(2)10-19-17-9-16(20-14(5)21-17)18(23)22-15-7-6-12(3)8-13(15)4/h6-9,11H,10H2,1-5H3,(H,22,23)(H,19,20,21). The van der Waals surface area contributed by atoms with Crippen LogP contribution >= 0.6 is 0 Å². The molecule has 0 unspecified atom stereocenters. The minimum absolute atomic E-state index is 0.227. The third-order valence-corrected chi connectivity index (χ3v) is 3.39. The summed E-state index contributed by atoms with van der Waals surface area (Å²) >= 11 is 0. The van der Waals surface area contributed by atoms with Gasteiger partial charge in [0.1, 0.15) is 17.3 Å². The van der Waals surface area contributed by atoms with E-state index in [1.807, 2.05) is 32.0 Å². The molecule has 0 aliphatic heterocycles. The summed E-state index contributed by atoms with van der Waals surface area (Å²) in [6.45, 7) is 10.8. The monoisotopic (exact) mass is 312 g/mol. The second-order valence-corrected chi connectivity index (χ2v) is 6.23. The summed E-state index contributed by atoms with van der Waals surface area (Å²) in [5, 5.41) is 6.15. The van der Waals surface area contributed by atoms with E-state index in [9.17, 15) is 4.79 Å². The van der Waals surface area contributed by atoms with E-state index in [1.165, 1.54) is 5.56 Å². The van der Waals surface area contributed by atoms with E-state index in [-0.39, 0.29) is 5.91 Å². The predicted molar refractivity (Wildman–Crippen MR) is 94.0 cm³/mol. The number of rotatable bonds is 5. The summed E-state index contributed by atoms with van der Waals surface area (Å²) in [5.74, 6) is 1.52. The molecule has 0 fully saturated rings. The summed E-state index contributed by atoms with van der Waals surface area (Å²) < 4.78 is 0. The number of benzene rings is 1. The molecule has 122 valence electrons. The van der Waals surface area contributed by atoms with E-state index >= 15 is 0 Å². The molecule has 0 spiro atoms. The first kappa shape index (κ1) is 16.9. The molecular formula is C18H24N4O. The molecule has 0 bridgehead atoms. The molecule has 0 saturated heterocycles. The third-order valence-electron chi connectivity index (χ3n) is 3.39. The number of nitrogens with zero attached hydrogens (tertiary/aromatic N) is 2. The number of amides is 1. The van der Waals surface area contributed by atoms with Crippen molar-refractivity contribution in [3.63, 3.8) is 0 Å². The highest BCUT2D eigenvalue weighted by Crippen LogP contribution is 2.17. The zero-order valence-electron chi connectivity index (χ0n) is 14.4. The zero-order chi connectivity index (χ0) is 17.0. The number of carbonyl (C=O) groups excluding carboxylic acids is 1. The molecule has 2 N–H and O–H groups in total. The molecular weight excluding hydrogens is 288 g/mol.